The van der Waals surface area contributed by atoms with E-state index in [0.29, 0.717) is 0 Å². The zero-order valence-corrected chi connectivity index (χ0v) is 14.3. The third-order valence-electron chi connectivity index (χ3n) is 3.99. The van der Waals surface area contributed by atoms with Crippen LogP contribution < -0.4 is 10.6 Å². The standard InChI is InChI=1S/C18H24N2O5/c1-13(19-17(22)24-12-14-8-4-2-5-9-14)16(21)20-18(23)25-15-10-6-3-7-11-15/h2,4-5,8-9,13,15H,3,6-7,10-12H2,1H3,(H,19,22)(H,20,21,23). The van der Waals surface area contributed by atoms with Crippen molar-refractivity contribution >= 4 is 18.1 Å². The summed E-state index contributed by atoms with van der Waals surface area (Å²) in [4.78, 5) is 35.4. The number of hydrogen-bond acceptors (Lipinski definition) is 5. The highest BCUT2D eigenvalue weighted by Crippen LogP contribution is 2.20. The molecule has 1 saturated carbocycles. The van der Waals surface area contributed by atoms with Gasteiger partial charge >= 0.3 is 12.2 Å². The van der Waals surface area contributed by atoms with Gasteiger partial charge in [0.15, 0.2) is 0 Å². The average molecular weight is 348 g/mol. The molecule has 1 aromatic rings. The van der Waals surface area contributed by atoms with Gasteiger partial charge in [0.1, 0.15) is 18.8 Å². The molecule has 2 rings (SSSR count). The first-order valence-corrected chi connectivity index (χ1v) is 8.53. The quantitative estimate of drug-likeness (QED) is 0.853. The Morgan fingerprint density at radius 3 is 2.44 bits per heavy atom. The van der Waals surface area contributed by atoms with Gasteiger partial charge in [0.2, 0.25) is 0 Å². The predicted octanol–water partition coefficient (Wildman–Crippen LogP) is 2.89. The number of carbonyl (C=O) groups is 3. The lowest BCUT2D eigenvalue weighted by Gasteiger charge is -2.22. The molecule has 1 aromatic carbocycles. The number of alkyl carbamates (subject to hydrolysis) is 2. The van der Waals surface area contributed by atoms with E-state index in [1.807, 2.05) is 30.3 Å². The maximum absolute atomic E-state index is 11.9. The average Bonchev–Trinajstić information content (AvgIpc) is 2.61. The smallest absolute Gasteiger partial charge is 0.414 e. The minimum Gasteiger partial charge on any atom is -0.446 e. The van der Waals surface area contributed by atoms with E-state index in [1.54, 1.807) is 0 Å². The fourth-order valence-electron chi connectivity index (χ4n) is 2.58. The van der Waals surface area contributed by atoms with Gasteiger partial charge in [-0.05, 0) is 38.2 Å². The van der Waals surface area contributed by atoms with Crippen LogP contribution in [0.25, 0.3) is 0 Å². The molecule has 25 heavy (non-hydrogen) atoms. The number of rotatable bonds is 5. The molecule has 0 aromatic heterocycles. The molecule has 1 aliphatic rings. The Hall–Kier alpha value is -2.57. The van der Waals surface area contributed by atoms with Crippen molar-refractivity contribution in [1.82, 2.24) is 10.6 Å². The number of amides is 3. The third kappa shape index (κ3) is 6.82. The van der Waals surface area contributed by atoms with Crippen LogP contribution in [0.1, 0.15) is 44.6 Å². The summed E-state index contributed by atoms with van der Waals surface area (Å²) in [6.07, 6.45) is 3.19. The molecule has 0 radical (unpaired) electrons. The van der Waals surface area contributed by atoms with E-state index in [9.17, 15) is 14.4 Å². The Morgan fingerprint density at radius 2 is 1.76 bits per heavy atom. The van der Waals surface area contributed by atoms with E-state index in [4.69, 9.17) is 9.47 Å². The normalized spacial score (nSPS) is 15.7. The van der Waals surface area contributed by atoms with E-state index < -0.39 is 24.1 Å². The first kappa shape index (κ1) is 18.8. The first-order chi connectivity index (χ1) is 12.0. The zero-order valence-electron chi connectivity index (χ0n) is 14.3. The molecular formula is C18H24N2O5. The highest BCUT2D eigenvalue weighted by atomic mass is 16.6. The van der Waals surface area contributed by atoms with E-state index in [-0.39, 0.29) is 12.7 Å². The van der Waals surface area contributed by atoms with Crippen LogP contribution in [-0.4, -0.2) is 30.2 Å². The van der Waals surface area contributed by atoms with Gasteiger partial charge in [-0.2, -0.15) is 0 Å². The van der Waals surface area contributed by atoms with Gasteiger partial charge in [0.25, 0.3) is 5.91 Å². The molecule has 1 aliphatic carbocycles. The molecule has 1 fully saturated rings. The van der Waals surface area contributed by atoms with Gasteiger partial charge < -0.3 is 14.8 Å². The van der Waals surface area contributed by atoms with Crippen molar-refractivity contribution in [3.8, 4) is 0 Å². The fraction of sp³-hybridized carbons (Fsp3) is 0.500. The number of nitrogens with one attached hydrogen (secondary N) is 2. The van der Waals surface area contributed by atoms with Crippen molar-refractivity contribution < 1.29 is 23.9 Å². The Labute approximate surface area is 147 Å². The second-order valence-corrected chi connectivity index (χ2v) is 6.08. The van der Waals surface area contributed by atoms with Crippen LogP contribution in [-0.2, 0) is 20.9 Å². The summed E-state index contributed by atoms with van der Waals surface area (Å²) in [5.74, 6) is -0.641. The Bertz CT molecular complexity index is 584. The maximum Gasteiger partial charge on any atom is 0.414 e. The summed E-state index contributed by atoms with van der Waals surface area (Å²) in [6, 6.07) is 8.27. The first-order valence-electron chi connectivity index (χ1n) is 8.53. The van der Waals surface area contributed by atoms with Crippen molar-refractivity contribution in [2.45, 2.75) is 57.8 Å². The zero-order chi connectivity index (χ0) is 18.1. The van der Waals surface area contributed by atoms with Crippen molar-refractivity contribution in [3.05, 3.63) is 35.9 Å². The van der Waals surface area contributed by atoms with Crippen molar-refractivity contribution in [2.24, 2.45) is 0 Å². The molecule has 0 aliphatic heterocycles. The predicted molar refractivity (Wildman–Crippen MR) is 90.7 cm³/mol. The molecule has 1 unspecified atom stereocenters. The number of carbonyl (C=O) groups excluding carboxylic acids is 3. The van der Waals surface area contributed by atoms with Gasteiger partial charge in [0, 0.05) is 0 Å². The second kappa shape index (κ2) is 9.66. The fourth-order valence-corrected chi connectivity index (χ4v) is 2.58. The van der Waals surface area contributed by atoms with Gasteiger partial charge in [0.05, 0.1) is 0 Å². The van der Waals surface area contributed by atoms with Crippen LogP contribution >= 0.6 is 0 Å². The second-order valence-electron chi connectivity index (χ2n) is 6.08. The van der Waals surface area contributed by atoms with E-state index >= 15 is 0 Å². The topological polar surface area (TPSA) is 93.7 Å². The Kier molecular flexibility index (Phi) is 7.25. The molecule has 136 valence electrons. The lowest BCUT2D eigenvalue weighted by Crippen LogP contribution is -2.47. The summed E-state index contributed by atoms with van der Waals surface area (Å²) in [5, 5.41) is 4.51. The molecule has 0 saturated heterocycles. The van der Waals surface area contributed by atoms with Gasteiger partial charge in [-0.1, -0.05) is 36.8 Å². The number of ether oxygens (including phenoxy) is 2. The van der Waals surface area contributed by atoms with E-state index in [2.05, 4.69) is 10.6 Å². The number of hydrogen-bond donors (Lipinski definition) is 2. The van der Waals surface area contributed by atoms with Crippen molar-refractivity contribution in [2.75, 3.05) is 0 Å². The molecule has 1 atom stereocenters. The Morgan fingerprint density at radius 1 is 1.08 bits per heavy atom. The van der Waals surface area contributed by atoms with Crippen LogP contribution in [0.5, 0.6) is 0 Å². The molecule has 7 heteroatoms. The van der Waals surface area contributed by atoms with Crippen LogP contribution in [0.15, 0.2) is 30.3 Å². The number of imide groups is 1. The molecular weight excluding hydrogens is 324 g/mol. The summed E-state index contributed by atoms with van der Waals surface area (Å²) < 4.78 is 10.2. The minimum absolute atomic E-state index is 0.102. The molecule has 2 N–H and O–H groups in total. The van der Waals surface area contributed by atoms with E-state index in [1.165, 1.54) is 6.92 Å². The summed E-state index contributed by atoms with van der Waals surface area (Å²) in [7, 11) is 0. The van der Waals surface area contributed by atoms with E-state index in [0.717, 1.165) is 37.7 Å². The van der Waals surface area contributed by atoms with Crippen LogP contribution in [0.2, 0.25) is 0 Å². The largest absolute Gasteiger partial charge is 0.446 e. The summed E-state index contributed by atoms with van der Waals surface area (Å²) >= 11 is 0. The third-order valence-corrected chi connectivity index (χ3v) is 3.99. The monoisotopic (exact) mass is 348 g/mol. The van der Waals surface area contributed by atoms with Crippen LogP contribution in [0, 0.1) is 0 Å². The molecule has 3 amide bonds. The van der Waals surface area contributed by atoms with Crippen molar-refractivity contribution in [1.29, 1.82) is 0 Å². The summed E-state index contributed by atoms with van der Waals surface area (Å²) in [5.41, 5.74) is 0.839. The number of benzene rings is 1. The van der Waals surface area contributed by atoms with Gasteiger partial charge in [-0.15, -0.1) is 0 Å². The van der Waals surface area contributed by atoms with Gasteiger partial charge in [-0.25, -0.2) is 9.59 Å². The van der Waals surface area contributed by atoms with Gasteiger partial charge in [-0.3, -0.25) is 10.1 Å². The highest BCUT2D eigenvalue weighted by Gasteiger charge is 2.22. The SMILES string of the molecule is CC(NC(=O)OCc1ccccc1)C(=O)NC(=O)OC1CCCCC1. The van der Waals surface area contributed by atoms with Crippen LogP contribution in [0.3, 0.4) is 0 Å². The van der Waals surface area contributed by atoms with Crippen molar-refractivity contribution in [3.63, 3.8) is 0 Å². The minimum atomic E-state index is -0.915. The Balaban J connectivity index is 1.68. The molecule has 0 spiro atoms. The lowest BCUT2D eigenvalue weighted by molar-refractivity contribution is -0.122. The summed E-state index contributed by atoms with van der Waals surface area (Å²) in [6.45, 7) is 1.57. The molecule has 7 nitrogen and oxygen atoms in total. The molecule has 0 heterocycles. The highest BCUT2D eigenvalue weighted by molar-refractivity contribution is 5.96. The molecule has 0 bridgehead atoms. The lowest BCUT2D eigenvalue weighted by atomic mass is 9.98. The maximum atomic E-state index is 11.9. The van der Waals surface area contributed by atoms with Crippen LogP contribution in [0.4, 0.5) is 9.59 Å².